The van der Waals surface area contributed by atoms with Gasteiger partial charge in [0.05, 0.1) is 5.60 Å². The molecule has 1 aliphatic heterocycles. The number of hydrogen-bond donors (Lipinski definition) is 1. The molecular weight excluding hydrogens is 296 g/mol. The van der Waals surface area contributed by atoms with E-state index in [2.05, 4.69) is 11.8 Å². The molecule has 1 N–H and O–H groups in total. The van der Waals surface area contributed by atoms with Crippen LogP contribution >= 0.6 is 0 Å². The molecule has 1 fully saturated rings. The Morgan fingerprint density at radius 1 is 1.17 bits per heavy atom. The van der Waals surface area contributed by atoms with Crippen molar-refractivity contribution in [2.24, 2.45) is 0 Å². The maximum absolute atomic E-state index is 10.6. The van der Waals surface area contributed by atoms with Crippen LogP contribution in [0.1, 0.15) is 60.3 Å². The average molecular weight is 328 g/mol. The Balaban J connectivity index is 2.60. The van der Waals surface area contributed by atoms with Crippen LogP contribution in [0.3, 0.4) is 0 Å². The highest BCUT2D eigenvalue weighted by atomic mass is 16.7. The van der Waals surface area contributed by atoms with Crippen molar-refractivity contribution in [1.82, 2.24) is 0 Å². The van der Waals surface area contributed by atoms with E-state index < -0.39 is 17.5 Å². The summed E-state index contributed by atoms with van der Waals surface area (Å²) in [5, 5.41) is 10.6. The summed E-state index contributed by atoms with van der Waals surface area (Å²) in [6.45, 7) is 11.1. The molecule has 0 aromatic carbocycles. The van der Waals surface area contributed by atoms with E-state index in [4.69, 9.17) is 18.9 Å². The summed E-state index contributed by atoms with van der Waals surface area (Å²) in [5.74, 6) is 5.71. The number of rotatable bonds is 8. The normalized spacial score (nSPS) is 21.6. The van der Waals surface area contributed by atoms with Crippen LogP contribution < -0.4 is 0 Å². The zero-order valence-electron chi connectivity index (χ0n) is 15.2. The van der Waals surface area contributed by atoms with Crippen LogP contribution in [0.15, 0.2) is 0 Å². The van der Waals surface area contributed by atoms with E-state index in [9.17, 15) is 5.11 Å². The van der Waals surface area contributed by atoms with E-state index in [1.165, 1.54) is 0 Å². The molecule has 0 aliphatic carbocycles. The minimum atomic E-state index is -1.19. The molecule has 1 rings (SSSR count). The third-order valence-corrected chi connectivity index (χ3v) is 3.45. The van der Waals surface area contributed by atoms with Gasteiger partial charge in [-0.2, -0.15) is 0 Å². The first-order valence-electron chi connectivity index (χ1n) is 8.55. The fourth-order valence-electron chi connectivity index (χ4n) is 2.72. The SMILES string of the molecule is CCOC(C#CC(C)(O)CC(C)(C)OC1CCCCO1)OCC. The number of hydrogen-bond acceptors (Lipinski definition) is 5. The summed E-state index contributed by atoms with van der Waals surface area (Å²) in [7, 11) is 0. The van der Waals surface area contributed by atoms with Crippen LogP contribution in [0, 0.1) is 11.8 Å². The van der Waals surface area contributed by atoms with Crippen LogP contribution in [0.25, 0.3) is 0 Å². The predicted molar refractivity (Wildman–Crippen MR) is 88.8 cm³/mol. The monoisotopic (exact) mass is 328 g/mol. The molecule has 0 saturated carbocycles. The second-order valence-corrected chi connectivity index (χ2v) is 6.64. The highest BCUT2D eigenvalue weighted by Crippen LogP contribution is 2.27. The Labute approximate surface area is 140 Å². The van der Waals surface area contributed by atoms with Gasteiger partial charge in [-0.25, -0.2) is 0 Å². The van der Waals surface area contributed by atoms with Crippen molar-refractivity contribution in [2.45, 2.75) is 84.1 Å². The van der Waals surface area contributed by atoms with Crippen molar-refractivity contribution < 1.29 is 24.1 Å². The maximum atomic E-state index is 10.6. The van der Waals surface area contributed by atoms with Gasteiger partial charge in [-0.05, 0) is 59.8 Å². The third-order valence-electron chi connectivity index (χ3n) is 3.45. The van der Waals surface area contributed by atoms with E-state index in [1.807, 2.05) is 27.7 Å². The Bertz CT molecular complexity index is 382. The molecule has 0 spiro atoms. The largest absolute Gasteiger partial charge is 0.378 e. The van der Waals surface area contributed by atoms with Gasteiger partial charge in [-0.15, -0.1) is 0 Å². The summed E-state index contributed by atoms with van der Waals surface area (Å²) >= 11 is 0. The number of ether oxygens (including phenoxy) is 4. The first-order chi connectivity index (χ1) is 10.8. The van der Waals surface area contributed by atoms with E-state index >= 15 is 0 Å². The van der Waals surface area contributed by atoms with Crippen LogP contribution in [0.2, 0.25) is 0 Å². The van der Waals surface area contributed by atoms with E-state index in [0.29, 0.717) is 19.6 Å². The quantitative estimate of drug-likeness (QED) is 0.548. The lowest BCUT2D eigenvalue weighted by Gasteiger charge is -2.35. The molecule has 0 aromatic heterocycles. The van der Waals surface area contributed by atoms with Crippen molar-refractivity contribution in [3.8, 4) is 11.8 Å². The van der Waals surface area contributed by atoms with Gasteiger partial charge < -0.3 is 24.1 Å². The lowest BCUT2D eigenvalue weighted by molar-refractivity contribution is -0.223. The molecule has 2 unspecified atom stereocenters. The molecule has 1 aliphatic rings. The van der Waals surface area contributed by atoms with Gasteiger partial charge in [-0.1, -0.05) is 5.92 Å². The molecule has 0 aromatic rings. The van der Waals surface area contributed by atoms with Crippen molar-refractivity contribution >= 4 is 0 Å². The van der Waals surface area contributed by atoms with Crippen molar-refractivity contribution in [2.75, 3.05) is 19.8 Å². The third kappa shape index (κ3) is 8.69. The Morgan fingerprint density at radius 2 is 1.83 bits per heavy atom. The van der Waals surface area contributed by atoms with Crippen LogP contribution in [-0.2, 0) is 18.9 Å². The van der Waals surface area contributed by atoms with Crippen LogP contribution in [0.5, 0.6) is 0 Å². The van der Waals surface area contributed by atoms with Crippen molar-refractivity contribution in [3.05, 3.63) is 0 Å². The van der Waals surface area contributed by atoms with Gasteiger partial charge in [0.2, 0.25) is 6.29 Å². The van der Waals surface area contributed by atoms with Gasteiger partial charge >= 0.3 is 0 Å². The lowest BCUT2D eigenvalue weighted by atomic mass is 9.91. The first-order valence-corrected chi connectivity index (χ1v) is 8.55. The zero-order chi connectivity index (χ0) is 17.3. The van der Waals surface area contributed by atoms with Crippen molar-refractivity contribution in [1.29, 1.82) is 0 Å². The molecule has 0 amide bonds. The molecule has 0 bridgehead atoms. The highest BCUT2D eigenvalue weighted by molar-refractivity contribution is 5.15. The summed E-state index contributed by atoms with van der Waals surface area (Å²) < 4.78 is 22.4. The van der Waals surface area contributed by atoms with Gasteiger partial charge in [0.25, 0.3) is 0 Å². The summed E-state index contributed by atoms with van der Waals surface area (Å²) in [6, 6.07) is 0. The van der Waals surface area contributed by atoms with Gasteiger partial charge in [-0.3, -0.25) is 0 Å². The number of aliphatic hydroxyl groups is 1. The molecule has 2 atom stereocenters. The van der Waals surface area contributed by atoms with Crippen LogP contribution in [0.4, 0.5) is 0 Å². The summed E-state index contributed by atoms with van der Waals surface area (Å²) in [5.41, 5.74) is -1.72. The molecule has 0 radical (unpaired) electrons. The van der Waals surface area contributed by atoms with Gasteiger partial charge in [0.1, 0.15) is 5.60 Å². The molecule has 1 saturated heterocycles. The molecule has 5 nitrogen and oxygen atoms in total. The lowest BCUT2D eigenvalue weighted by Crippen LogP contribution is -2.40. The second kappa shape index (κ2) is 9.61. The minimum Gasteiger partial charge on any atom is -0.378 e. The molecule has 134 valence electrons. The van der Waals surface area contributed by atoms with Gasteiger partial charge in [0, 0.05) is 26.2 Å². The first kappa shape index (κ1) is 20.4. The van der Waals surface area contributed by atoms with E-state index in [0.717, 1.165) is 25.9 Å². The Kier molecular flexibility index (Phi) is 8.52. The topological polar surface area (TPSA) is 57.2 Å². The molecule has 5 heteroatoms. The van der Waals surface area contributed by atoms with Gasteiger partial charge in [0.15, 0.2) is 6.29 Å². The van der Waals surface area contributed by atoms with Crippen molar-refractivity contribution in [3.63, 3.8) is 0 Å². The van der Waals surface area contributed by atoms with Crippen LogP contribution in [-0.4, -0.2) is 48.7 Å². The van der Waals surface area contributed by atoms with E-state index in [1.54, 1.807) is 6.92 Å². The zero-order valence-corrected chi connectivity index (χ0v) is 15.2. The standard InChI is InChI=1S/C18H32O5/c1-6-20-15(21-7-2)11-12-18(5,19)14-17(3,4)23-16-10-8-9-13-22-16/h15-16,19H,6-10,13-14H2,1-5H3. The maximum Gasteiger partial charge on any atom is 0.222 e. The molecular formula is C18H32O5. The minimum absolute atomic E-state index is 0.192. The highest BCUT2D eigenvalue weighted by Gasteiger charge is 2.33. The second-order valence-electron chi connectivity index (χ2n) is 6.64. The van der Waals surface area contributed by atoms with E-state index in [-0.39, 0.29) is 6.29 Å². The Morgan fingerprint density at radius 3 is 2.35 bits per heavy atom. The summed E-state index contributed by atoms with van der Waals surface area (Å²) in [6.07, 6.45) is 2.66. The fraction of sp³-hybridized carbons (Fsp3) is 0.889. The molecule has 23 heavy (non-hydrogen) atoms. The average Bonchev–Trinajstić information content (AvgIpc) is 2.44. The fourth-order valence-corrected chi connectivity index (χ4v) is 2.72. The predicted octanol–water partition coefficient (Wildman–Crippen LogP) is 2.85. The Hall–Kier alpha value is -0.640. The summed E-state index contributed by atoms with van der Waals surface area (Å²) in [4.78, 5) is 0. The molecule has 1 heterocycles. The smallest absolute Gasteiger partial charge is 0.222 e.